The highest BCUT2D eigenvalue weighted by molar-refractivity contribution is 7.92. The van der Waals surface area contributed by atoms with E-state index in [-0.39, 0.29) is 22.9 Å². The minimum absolute atomic E-state index is 0.221. The van der Waals surface area contributed by atoms with E-state index in [1.165, 1.54) is 0 Å². The van der Waals surface area contributed by atoms with E-state index < -0.39 is 15.1 Å². The maximum atomic E-state index is 13.7. The van der Waals surface area contributed by atoms with Gasteiger partial charge in [-0.05, 0) is 18.1 Å². The molecule has 1 amide bonds. The predicted molar refractivity (Wildman–Crippen MR) is 115 cm³/mol. The third-order valence-electron chi connectivity index (χ3n) is 5.99. The van der Waals surface area contributed by atoms with Crippen molar-refractivity contribution in [2.45, 2.75) is 16.6 Å². The van der Waals surface area contributed by atoms with E-state index in [2.05, 4.69) is 5.10 Å². The van der Waals surface area contributed by atoms with Crippen molar-refractivity contribution in [3.63, 3.8) is 0 Å². The summed E-state index contributed by atoms with van der Waals surface area (Å²) in [6.45, 7) is 1.87. The van der Waals surface area contributed by atoms with Crippen LogP contribution in [0, 0.1) is 0 Å². The molecule has 5 rings (SSSR count). The van der Waals surface area contributed by atoms with Gasteiger partial charge in [0.2, 0.25) is 0 Å². The zero-order valence-corrected chi connectivity index (χ0v) is 18.0. The van der Waals surface area contributed by atoms with E-state index in [0.29, 0.717) is 43.1 Å². The predicted octanol–water partition coefficient (Wildman–Crippen LogP) is 2.63. The molecule has 31 heavy (non-hydrogen) atoms. The maximum Gasteiger partial charge on any atom is 0.274 e. The van der Waals surface area contributed by atoms with Gasteiger partial charge < -0.3 is 9.64 Å². The maximum absolute atomic E-state index is 13.7. The molecule has 1 aromatic heterocycles. The molecule has 1 unspecified atom stereocenters. The number of sulfone groups is 1. The number of nitrogens with zero attached hydrogens (tertiary/aromatic N) is 3. The molecule has 3 aromatic rings. The molecule has 8 heteroatoms. The Balaban J connectivity index is 1.71. The Morgan fingerprint density at radius 1 is 1.06 bits per heavy atom. The fourth-order valence-corrected chi connectivity index (χ4v) is 6.49. The fraction of sp³-hybridized carbons (Fsp3) is 0.304. The molecule has 1 saturated heterocycles. The standard InChI is InChI=1S/C23H23N3O4S/c1-25-22-17-9-5-6-10-18(17)31(28,29)19(15-16-7-3-2-4-8-16)20(22)21(24-25)23(27)26-11-13-30-14-12-26/h2-10,19H,11-15H2,1H3. The van der Waals surface area contributed by atoms with Crippen molar-refractivity contribution < 1.29 is 17.9 Å². The van der Waals surface area contributed by atoms with E-state index in [1.807, 2.05) is 36.4 Å². The minimum atomic E-state index is -3.72. The molecule has 0 saturated carbocycles. The van der Waals surface area contributed by atoms with Crippen molar-refractivity contribution >= 4 is 15.7 Å². The lowest BCUT2D eigenvalue weighted by molar-refractivity contribution is 0.0298. The monoisotopic (exact) mass is 437 g/mol. The number of aromatic nitrogens is 2. The molecule has 2 aliphatic rings. The normalized spacial score (nSPS) is 19.5. The smallest absolute Gasteiger partial charge is 0.274 e. The van der Waals surface area contributed by atoms with Gasteiger partial charge in [0.1, 0.15) is 0 Å². The van der Waals surface area contributed by atoms with Crippen LogP contribution in [0.25, 0.3) is 11.3 Å². The molecule has 0 aliphatic carbocycles. The Morgan fingerprint density at radius 3 is 2.48 bits per heavy atom. The third-order valence-corrected chi connectivity index (χ3v) is 8.11. The number of hydrogen-bond acceptors (Lipinski definition) is 5. The van der Waals surface area contributed by atoms with Crippen LogP contribution in [0.4, 0.5) is 0 Å². The van der Waals surface area contributed by atoms with Crippen LogP contribution in [0.3, 0.4) is 0 Å². The Hall–Kier alpha value is -2.97. The second-order valence-corrected chi connectivity index (χ2v) is 9.96. The van der Waals surface area contributed by atoms with Crippen LogP contribution >= 0.6 is 0 Å². The van der Waals surface area contributed by atoms with Crippen LogP contribution in [-0.4, -0.2) is 55.3 Å². The number of carbonyl (C=O) groups is 1. The van der Waals surface area contributed by atoms with Gasteiger partial charge in [-0.25, -0.2) is 8.42 Å². The second kappa shape index (κ2) is 7.62. The van der Waals surface area contributed by atoms with Crippen LogP contribution in [0.5, 0.6) is 0 Å². The third kappa shape index (κ3) is 3.26. The van der Waals surface area contributed by atoms with E-state index in [4.69, 9.17) is 4.74 Å². The summed E-state index contributed by atoms with van der Waals surface area (Å²) in [5, 5.41) is 3.66. The van der Waals surface area contributed by atoms with Gasteiger partial charge in [-0.2, -0.15) is 5.10 Å². The quantitative estimate of drug-likeness (QED) is 0.629. The largest absolute Gasteiger partial charge is 0.378 e. The van der Waals surface area contributed by atoms with Gasteiger partial charge in [0, 0.05) is 31.3 Å². The van der Waals surface area contributed by atoms with E-state index in [1.54, 1.807) is 34.8 Å². The summed E-state index contributed by atoms with van der Waals surface area (Å²) in [6, 6.07) is 16.5. The van der Waals surface area contributed by atoms with Gasteiger partial charge in [-0.1, -0.05) is 48.5 Å². The average Bonchev–Trinajstić information content (AvgIpc) is 3.14. The number of rotatable bonds is 3. The summed E-state index contributed by atoms with van der Waals surface area (Å²) >= 11 is 0. The van der Waals surface area contributed by atoms with Gasteiger partial charge in [0.15, 0.2) is 15.5 Å². The van der Waals surface area contributed by atoms with Crippen molar-refractivity contribution in [3.8, 4) is 11.3 Å². The first-order valence-corrected chi connectivity index (χ1v) is 11.8. The first kappa shape index (κ1) is 20.0. The lowest BCUT2D eigenvalue weighted by atomic mass is 9.97. The second-order valence-electron chi connectivity index (χ2n) is 7.86. The Morgan fingerprint density at radius 2 is 1.74 bits per heavy atom. The highest BCUT2D eigenvalue weighted by Crippen LogP contribution is 2.47. The van der Waals surface area contributed by atoms with Crippen LogP contribution in [0.2, 0.25) is 0 Å². The van der Waals surface area contributed by atoms with Gasteiger partial charge in [-0.15, -0.1) is 0 Å². The number of morpholine rings is 1. The molecule has 0 radical (unpaired) electrons. The zero-order chi connectivity index (χ0) is 21.6. The Kier molecular flexibility index (Phi) is 4.91. The fourth-order valence-electron chi connectivity index (χ4n) is 4.50. The van der Waals surface area contributed by atoms with Gasteiger partial charge in [-0.3, -0.25) is 9.48 Å². The van der Waals surface area contributed by atoms with Crippen molar-refractivity contribution in [1.29, 1.82) is 0 Å². The van der Waals surface area contributed by atoms with Gasteiger partial charge >= 0.3 is 0 Å². The van der Waals surface area contributed by atoms with Crippen molar-refractivity contribution in [3.05, 3.63) is 71.4 Å². The summed E-state index contributed by atoms with van der Waals surface area (Å²) in [4.78, 5) is 15.4. The molecule has 0 N–H and O–H groups in total. The molecule has 160 valence electrons. The van der Waals surface area contributed by atoms with Crippen molar-refractivity contribution in [2.75, 3.05) is 26.3 Å². The van der Waals surface area contributed by atoms with Crippen LogP contribution in [0.15, 0.2) is 59.5 Å². The van der Waals surface area contributed by atoms with E-state index in [0.717, 1.165) is 5.56 Å². The average molecular weight is 438 g/mol. The summed E-state index contributed by atoms with van der Waals surface area (Å²) in [5.74, 6) is -0.243. The highest BCUT2D eigenvalue weighted by Gasteiger charge is 2.43. The molecular formula is C23H23N3O4S. The number of fused-ring (bicyclic) bond motifs is 3. The molecule has 3 heterocycles. The van der Waals surface area contributed by atoms with Crippen LogP contribution in [-0.2, 0) is 28.0 Å². The highest BCUT2D eigenvalue weighted by atomic mass is 32.2. The Labute approximate surface area is 181 Å². The molecule has 1 atom stereocenters. The summed E-state index contributed by atoms with van der Waals surface area (Å²) in [7, 11) is -1.95. The van der Waals surface area contributed by atoms with Gasteiger partial charge in [0.05, 0.1) is 29.1 Å². The van der Waals surface area contributed by atoms with Gasteiger partial charge in [0.25, 0.3) is 5.91 Å². The molecule has 2 aromatic carbocycles. The first-order chi connectivity index (χ1) is 15.0. The van der Waals surface area contributed by atoms with E-state index >= 15 is 0 Å². The summed E-state index contributed by atoms with van der Waals surface area (Å²) < 4.78 is 34.5. The molecule has 0 spiro atoms. The number of hydrogen-bond donors (Lipinski definition) is 0. The first-order valence-electron chi connectivity index (χ1n) is 10.3. The topological polar surface area (TPSA) is 81.5 Å². The lowest BCUT2D eigenvalue weighted by Crippen LogP contribution is -2.41. The molecule has 0 bridgehead atoms. The molecule has 2 aliphatic heterocycles. The van der Waals surface area contributed by atoms with E-state index in [9.17, 15) is 13.2 Å². The number of carbonyl (C=O) groups excluding carboxylic acids is 1. The lowest BCUT2D eigenvalue weighted by Gasteiger charge is -2.29. The number of benzene rings is 2. The minimum Gasteiger partial charge on any atom is -0.378 e. The van der Waals surface area contributed by atoms with Crippen LogP contribution < -0.4 is 0 Å². The molecule has 7 nitrogen and oxygen atoms in total. The molecular weight excluding hydrogens is 414 g/mol. The zero-order valence-electron chi connectivity index (χ0n) is 17.2. The Bertz CT molecular complexity index is 1250. The SMILES string of the molecule is Cn1nc(C(=O)N2CCOCC2)c2c1-c1ccccc1S(=O)(=O)C2Cc1ccccc1. The van der Waals surface area contributed by atoms with Crippen LogP contribution in [0.1, 0.15) is 26.9 Å². The summed E-state index contributed by atoms with van der Waals surface area (Å²) in [6.07, 6.45) is 0.277. The number of amides is 1. The number of ether oxygens (including phenoxy) is 1. The molecule has 1 fully saturated rings. The number of aryl methyl sites for hydroxylation is 1. The van der Waals surface area contributed by atoms with Crippen molar-refractivity contribution in [1.82, 2.24) is 14.7 Å². The van der Waals surface area contributed by atoms with Crippen molar-refractivity contribution in [2.24, 2.45) is 7.05 Å². The summed E-state index contributed by atoms with van der Waals surface area (Å²) in [5.41, 5.74) is 2.91.